The van der Waals surface area contributed by atoms with Crippen molar-refractivity contribution in [3.8, 4) is 0 Å². The molecule has 12 nitrogen and oxygen atoms in total. The molecular weight excluding hydrogens is 672 g/mol. The molecule has 1 heterocycles. The standard InChI is InChI=1S/C41H52N6O6/c1-27(2)20-34(37(48)23-38(49)44-31-17-7-4-8-18-31)45-40(51)36(22-32-24-42-26-43-32)46-39(50)35(47-41(52)53-25-28-12-5-3-6-13-28)21-30-16-11-15-29-14-9-10-19-33(29)30/h3,5-6,9-16,19,24,26-27,31,34-37,48H,4,7-8,17-18,20-23,25H2,1-2H3,(H,42,43)(H,44,49)(H,45,51)(H,46,50)(H,47,52)/t34-,35-,36-,37-/m0/s1. The molecule has 5 rings (SSSR count). The summed E-state index contributed by atoms with van der Waals surface area (Å²) in [6.45, 7) is 3.95. The number of aliphatic hydroxyl groups is 1. The summed E-state index contributed by atoms with van der Waals surface area (Å²) < 4.78 is 5.48. The Morgan fingerprint density at radius 1 is 0.849 bits per heavy atom. The van der Waals surface area contributed by atoms with Crippen LogP contribution in [0.15, 0.2) is 85.3 Å². The zero-order chi connectivity index (χ0) is 37.6. The molecule has 3 aromatic carbocycles. The number of hydrogen-bond donors (Lipinski definition) is 6. The van der Waals surface area contributed by atoms with Crippen LogP contribution in [0, 0.1) is 5.92 Å². The van der Waals surface area contributed by atoms with Crippen molar-refractivity contribution in [3.05, 3.63) is 102 Å². The summed E-state index contributed by atoms with van der Waals surface area (Å²) in [5.41, 5.74) is 2.21. The maximum absolute atomic E-state index is 14.2. The van der Waals surface area contributed by atoms with E-state index in [-0.39, 0.29) is 43.7 Å². The number of alkyl carbamates (subject to hydrolysis) is 1. The van der Waals surface area contributed by atoms with Crippen LogP contribution in [0.4, 0.5) is 4.79 Å². The third-order valence-electron chi connectivity index (χ3n) is 9.62. The van der Waals surface area contributed by atoms with Gasteiger partial charge in [-0.15, -0.1) is 0 Å². The second kappa shape index (κ2) is 19.6. The van der Waals surface area contributed by atoms with Crippen LogP contribution in [-0.2, 0) is 38.6 Å². The molecule has 282 valence electrons. The minimum Gasteiger partial charge on any atom is -0.445 e. The molecule has 1 aliphatic rings. The molecule has 1 saturated carbocycles. The number of hydrogen-bond acceptors (Lipinski definition) is 7. The van der Waals surface area contributed by atoms with Gasteiger partial charge in [-0.05, 0) is 47.1 Å². The number of aromatic nitrogens is 2. The third kappa shape index (κ3) is 12.2. The number of nitrogens with one attached hydrogen (secondary N) is 5. The Morgan fingerprint density at radius 3 is 2.28 bits per heavy atom. The SMILES string of the molecule is CC(C)C[C@H](NC(=O)[C@H](Cc1cnc[nH]1)NC(=O)[C@H](Cc1cccc2ccccc12)NC(=O)OCc1ccccc1)[C@@H](O)CC(=O)NC1CCCCC1. The van der Waals surface area contributed by atoms with Gasteiger partial charge in [0.15, 0.2) is 0 Å². The Kier molecular flexibility index (Phi) is 14.4. The summed E-state index contributed by atoms with van der Waals surface area (Å²) in [6.07, 6.45) is 6.68. The van der Waals surface area contributed by atoms with Gasteiger partial charge in [-0.3, -0.25) is 14.4 Å². The van der Waals surface area contributed by atoms with Gasteiger partial charge in [0.1, 0.15) is 18.7 Å². The molecule has 1 aromatic heterocycles. The van der Waals surface area contributed by atoms with Crippen LogP contribution in [0.25, 0.3) is 10.8 Å². The van der Waals surface area contributed by atoms with Gasteiger partial charge in [-0.2, -0.15) is 0 Å². The van der Waals surface area contributed by atoms with Crippen LogP contribution in [0.2, 0.25) is 0 Å². The molecule has 4 aromatic rings. The number of carbonyl (C=O) groups excluding carboxylic acids is 4. The molecule has 6 N–H and O–H groups in total. The smallest absolute Gasteiger partial charge is 0.408 e. The maximum atomic E-state index is 14.2. The molecule has 4 atom stereocenters. The van der Waals surface area contributed by atoms with Gasteiger partial charge in [0, 0.05) is 30.8 Å². The topological polar surface area (TPSA) is 175 Å². The highest BCUT2D eigenvalue weighted by molar-refractivity contribution is 5.93. The number of aromatic amines is 1. The Morgan fingerprint density at radius 2 is 1.55 bits per heavy atom. The summed E-state index contributed by atoms with van der Waals surface area (Å²) in [6, 6.07) is 19.9. The molecule has 12 heteroatoms. The average Bonchev–Trinajstić information content (AvgIpc) is 3.67. The van der Waals surface area contributed by atoms with Crippen molar-refractivity contribution in [2.24, 2.45) is 5.92 Å². The molecule has 1 fully saturated rings. The fraction of sp³-hybridized carbons (Fsp3) is 0.439. The largest absolute Gasteiger partial charge is 0.445 e. The van der Waals surface area contributed by atoms with E-state index in [1.807, 2.05) is 86.6 Å². The van der Waals surface area contributed by atoms with Crippen LogP contribution in [0.3, 0.4) is 0 Å². The number of benzene rings is 3. The number of carbonyl (C=O) groups is 4. The van der Waals surface area contributed by atoms with Crippen molar-refractivity contribution >= 4 is 34.6 Å². The average molecular weight is 725 g/mol. The quantitative estimate of drug-likeness (QED) is 0.0902. The van der Waals surface area contributed by atoms with Crippen molar-refractivity contribution in [2.75, 3.05) is 0 Å². The van der Waals surface area contributed by atoms with E-state index in [0.717, 1.165) is 54.0 Å². The van der Waals surface area contributed by atoms with E-state index in [4.69, 9.17) is 4.74 Å². The zero-order valence-corrected chi connectivity index (χ0v) is 30.6. The minimum absolute atomic E-state index is 0.0123. The summed E-state index contributed by atoms with van der Waals surface area (Å²) in [5, 5.41) is 24.7. The van der Waals surface area contributed by atoms with Crippen LogP contribution in [0.1, 0.15) is 75.6 Å². The molecular formula is C41H52N6O6. The van der Waals surface area contributed by atoms with E-state index >= 15 is 0 Å². The van der Waals surface area contributed by atoms with Crippen LogP contribution in [-0.4, -0.2) is 69.2 Å². The summed E-state index contributed by atoms with van der Waals surface area (Å²) in [4.78, 5) is 61.3. The van der Waals surface area contributed by atoms with E-state index in [1.54, 1.807) is 6.20 Å². The second-order valence-corrected chi connectivity index (χ2v) is 14.4. The number of nitrogens with zero attached hydrogens (tertiary/aromatic N) is 1. The first kappa shape index (κ1) is 39.0. The van der Waals surface area contributed by atoms with Crippen LogP contribution >= 0.6 is 0 Å². The Balaban J connectivity index is 1.33. The van der Waals surface area contributed by atoms with Gasteiger partial charge in [0.2, 0.25) is 17.7 Å². The van der Waals surface area contributed by atoms with Crippen molar-refractivity contribution in [1.29, 1.82) is 0 Å². The van der Waals surface area contributed by atoms with Crippen molar-refractivity contribution in [1.82, 2.24) is 31.2 Å². The number of imidazole rings is 1. The summed E-state index contributed by atoms with van der Waals surface area (Å²) in [5.74, 6) is -1.30. The molecule has 0 unspecified atom stereocenters. The Labute approximate surface area is 310 Å². The summed E-state index contributed by atoms with van der Waals surface area (Å²) in [7, 11) is 0. The van der Waals surface area contributed by atoms with Crippen molar-refractivity contribution in [3.63, 3.8) is 0 Å². The van der Waals surface area contributed by atoms with E-state index in [9.17, 15) is 24.3 Å². The van der Waals surface area contributed by atoms with Crippen LogP contribution in [0.5, 0.6) is 0 Å². The lowest BCUT2D eigenvalue weighted by atomic mass is 9.94. The van der Waals surface area contributed by atoms with Gasteiger partial charge < -0.3 is 36.1 Å². The number of aliphatic hydroxyl groups excluding tert-OH is 1. The number of amides is 4. The van der Waals surface area contributed by atoms with E-state index in [1.165, 1.54) is 6.33 Å². The highest BCUT2D eigenvalue weighted by Crippen LogP contribution is 2.21. The van der Waals surface area contributed by atoms with E-state index in [2.05, 4.69) is 31.2 Å². The molecule has 0 saturated heterocycles. The van der Waals surface area contributed by atoms with Crippen LogP contribution < -0.4 is 21.3 Å². The third-order valence-corrected chi connectivity index (χ3v) is 9.62. The first-order valence-electron chi connectivity index (χ1n) is 18.6. The highest BCUT2D eigenvalue weighted by atomic mass is 16.5. The summed E-state index contributed by atoms with van der Waals surface area (Å²) >= 11 is 0. The van der Waals surface area contributed by atoms with E-state index in [0.29, 0.717) is 12.1 Å². The lowest BCUT2D eigenvalue weighted by Gasteiger charge is -2.29. The predicted molar refractivity (Wildman–Crippen MR) is 202 cm³/mol. The number of H-pyrrole nitrogens is 1. The molecule has 0 spiro atoms. The first-order valence-corrected chi connectivity index (χ1v) is 18.6. The molecule has 0 radical (unpaired) electrons. The van der Waals surface area contributed by atoms with Gasteiger partial charge in [-0.1, -0.05) is 106 Å². The fourth-order valence-electron chi connectivity index (χ4n) is 6.87. The zero-order valence-electron chi connectivity index (χ0n) is 30.6. The minimum atomic E-state index is -1.14. The molecule has 1 aliphatic carbocycles. The Hall–Kier alpha value is -5.23. The van der Waals surface area contributed by atoms with Crippen molar-refractivity contribution < 1.29 is 29.0 Å². The van der Waals surface area contributed by atoms with Gasteiger partial charge in [0.25, 0.3) is 0 Å². The molecule has 0 aliphatic heterocycles. The second-order valence-electron chi connectivity index (χ2n) is 14.4. The number of rotatable bonds is 17. The number of ether oxygens (including phenoxy) is 1. The first-order chi connectivity index (χ1) is 25.6. The maximum Gasteiger partial charge on any atom is 0.408 e. The van der Waals surface area contributed by atoms with Gasteiger partial charge in [-0.25, -0.2) is 9.78 Å². The highest BCUT2D eigenvalue weighted by Gasteiger charge is 2.32. The number of fused-ring (bicyclic) bond motifs is 1. The molecule has 53 heavy (non-hydrogen) atoms. The normalized spacial score (nSPS) is 15.5. The van der Waals surface area contributed by atoms with Gasteiger partial charge in [0.05, 0.1) is 24.9 Å². The van der Waals surface area contributed by atoms with Gasteiger partial charge >= 0.3 is 6.09 Å². The lowest BCUT2D eigenvalue weighted by molar-refractivity contribution is -0.131. The van der Waals surface area contributed by atoms with Crippen molar-refractivity contribution in [2.45, 2.75) is 109 Å². The predicted octanol–water partition coefficient (Wildman–Crippen LogP) is 4.86. The molecule has 0 bridgehead atoms. The monoisotopic (exact) mass is 724 g/mol. The fourth-order valence-corrected chi connectivity index (χ4v) is 6.87. The molecule has 4 amide bonds. The lowest BCUT2D eigenvalue weighted by Crippen LogP contribution is -2.57. The van der Waals surface area contributed by atoms with E-state index < -0.39 is 42.1 Å². The Bertz CT molecular complexity index is 1770.